The van der Waals surface area contributed by atoms with E-state index in [1.165, 1.54) is 12.1 Å². The van der Waals surface area contributed by atoms with E-state index in [0.717, 1.165) is 6.42 Å². The molecule has 2 nitrogen and oxygen atoms in total. The number of alkyl halides is 3. The molecule has 1 aliphatic rings. The topological polar surface area (TPSA) is 28.7 Å². The zero-order valence-electron chi connectivity index (χ0n) is 10.7. The molecule has 0 radical (unpaired) electrons. The number of aromatic nitrogens is 2. The maximum Gasteiger partial charge on any atom is 0.392 e. The lowest BCUT2D eigenvalue weighted by atomic mass is 9.78. The normalized spacial score (nSPS) is 24.2. The molecule has 3 rings (SSSR count). The van der Waals surface area contributed by atoms with Crippen LogP contribution in [0.2, 0.25) is 0 Å². The molecule has 1 saturated carbocycles. The van der Waals surface area contributed by atoms with Crippen molar-refractivity contribution in [3.05, 3.63) is 29.8 Å². The van der Waals surface area contributed by atoms with Crippen molar-refractivity contribution in [2.45, 2.75) is 37.8 Å². The number of hydrogen-bond acceptors (Lipinski definition) is 1. The lowest BCUT2D eigenvalue weighted by Crippen LogP contribution is -2.32. The van der Waals surface area contributed by atoms with Crippen LogP contribution in [0.4, 0.5) is 17.6 Å². The fourth-order valence-corrected chi connectivity index (χ4v) is 3.04. The third-order valence-electron chi connectivity index (χ3n) is 4.02. The molecular formula is C14H14F4N2. The van der Waals surface area contributed by atoms with E-state index in [2.05, 4.69) is 9.97 Å². The second-order valence-electron chi connectivity index (χ2n) is 5.30. The SMILES string of the molecule is Fc1cccc2[nH]c(C3CCCCC3C(F)(F)F)nc12. The minimum absolute atomic E-state index is 0.119. The van der Waals surface area contributed by atoms with Crippen LogP contribution in [0.15, 0.2) is 18.2 Å². The van der Waals surface area contributed by atoms with Gasteiger partial charge in [-0.15, -0.1) is 0 Å². The predicted octanol–water partition coefficient (Wildman–Crippen LogP) is 4.54. The van der Waals surface area contributed by atoms with Crippen LogP contribution in [0.5, 0.6) is 0 Å². The van der Waals surface area contributed by atoms with Gasteiger partial charge in [0.15, 0.2) is 5.82 Å². The third-order valence-corrected chi connectivity index (χ3v) is 4.02. The monoisotopic (exact) mass is 286 g/mol. The number of fused-ring (bicyclic) bond motifs is 1. The molecule has 0 aliphatic heterocycles. The van der Waals surface area contributed by atoms with Gasteiger partial charge in [0, 0.05) is 5.92 Å². The molecule has 1 heterocycles. The lowest BCUT2D eigenvalue weighted by molar-refractivity contribution is -0.187. The second kappa shape index (κ2) is 4.75. The first-order valence-corrected chi connectivity index (χ1v) is 6.67. The van der Waals surface area contributed by atoms with Crippen molar-refractivity contribution in [3.8, 4) is 0 Å². The van der Waals surface area contributed by atoms with Crippen LogP contribution in [0.3, 0.4) is 0 Å². The summed E-state index contributed by atoms with van der Waals surface area (Å²) in [5.41, 5.74) is 0.570. The zero-order valence-corrected chi connectivity index (χ0v) is 10.7. The molecule has 0 saturated heterocycles. The zero-order chi connectivity index (χ0) is 14.3. The van der Waals surface area contributed by atoms with Crippen molar-refractivity contribution in [1.82, 2.24) is 9.97 Å². The summed E-state index contributed by atoms with van der Waals surface area (Å²) in [7, 11) is 0. The number of nitrogens with one attached hydrogen (secondary N) is 1. The summed E-state index contributed by atoms with van der Waals surface area (Å²) in [6.45, 7) is 0. The minimum Gasteiger partial charge on any atom is -0.342 e. The van der Waals surface area contributed by atoms with Crippen LogP contribution in [-0.4, -0.2) is 16.1 Å². The summed E-state index contributed by atoms with van der Waals surface area (Å²) >= 11 is 0. The fraction of sp³-hybridized carbons (Fsp3) is 0.500. The molecule has 1 aromatic carbocycles. The Labute approximate surface area is 113 Å². The average molecular weight is 286 g/mol. The van der Waals surface area contributed by atoms with E-state index in [1.807, 2.05) is 0 Å². The highest BCUT2D eigenvalue weighted by Gasteiger charge is 2.46. The smallest absolute Gasteiger partial charge is 0.342 e. The van der Waals surface area contributed by atoms with E-state index >= 15 is 0 Å². The van der Waals surface area contributed by atoms with E-state index in [4.69, 9.17) is 0 Å². The van der Waals surface area contributed by atoms with Gasteiger partial charge in [-0.05, 0) is 25.0 Å². The van der Waals surface area contributed by atoms with Gasteiger partial charge in [0.25, 0.3) is 0 Å². The van der Waals surface area contributed by atoms with Gasteiger partial charge in [-0.25, -0.2) is 9.37 Å². The first-order valence-electron chi connectivity index (χ1n) is 6.67. The lowest BCUT2D eigenvalue weighted by Gasteiger charge is -2.31. The summed E-state index contributed by atoms with van der Waals surface area (Å²) in [6, 6.07) is 4.40. The van der Waals surface area contributed by atoms with E-state index in [0.29, 0.717) is 18.4 Å². The molecule has 1 aliphatic carbocycles. The molecule has 6 heteroatoms. The van der Waals surface area contributed by atoms with Gasteiger partial charge in [-0.3, -0.25) is 0 Å². The number of aromatic amines is 1. The molecule has 1 N–H and O–H groups in total. The highest BCUT2D eigenvalue weighted by Crippen LogP contribution is 2.45. The Kier molecular flexibility index (Phi) is 3.18. The van der Waals surface area contributed by atoms with Gasteiger partial charge >= 0.3 is 6.18 Å². The molecule has 0 bridgehead atoms. The van der Waals surface area contributed by atoms with Crippen molar-refractivity contribution in [2.75, 3.05) is 0 Å². The van der Waals surface area contributed by atoms with Gasteiger partial charge in [-0.2, -0.15) is 13.2 Å². The molecule has 2 aromatic rings. The number of halogens is 4. The number of rotatable bonds is 1. The van der Waals surface area contributed by atoms with E-state index < -0.39 is 23.8 Å². The Morgan fingerprint density at radius 3 is 2.60 bits per heavy atom. The van der Waals surface area contributed by atoms with Crippen molar-refractivity contribution in [2.24, 2.45) is 5.92 Å². The van der Waals surface area contributed by atoms with Crippen molar-refractivity contribution >= 4 is 11.0 Å². The van der Waals surface area contributed by atoms with Crippen molar-refractivity contribution < 1.29 is 17.6 Å². The highest BCUT2D eigenvalue weighted by molar-refractivity contribution is 5.75. The van der Waals surface area contributed by atoms with Gasteiger partial charge in [0.05, 0.1) is 11.4 Å². The maximum absolute atomic E-state index is 13.6. The maximum atomic E-state index is 13.6. The fourth-order valence-electron chi connectivity index (χ4n) is 3.04. The van der Waals surface area contributed by atoms with Crippen LogP contribution in [-0.2, 0) is 0 Å². The Balaban J connectivity index is 2.02. The van der Waals surface area contributed by atoms with Crippen molar-refractivity contribution in [1.29, 1.82) is 0 Å². The van der Waals surface area contributed by atoms with Crippen LogP contribution in [0, 0.1) is 11.7 Å². The molecule has 0 spiro atoms. The molecule has 108 valence electrons. The van der Waals surface area contributed by atoms with Crippen LogP contribution in [0.1, 0.15) is 37.4 Å². The second-order valence-corrected chi connectivity index (χ2v) is 5.30. The number of imidazole rings is 1. The first kappa shape index (κ1) is 13.4. The highest BCUT2D eigenvalue weighted by atomic mass is 19.4. The average Bonchev–Trinajstić information content (AvgIpc) is 2.83. The summed E-state index contributed by atoms with van der Waals surface area (Å²) in [4.78, 5) is 6.93. The Morgan fingerprint density at radius 2 is 1.90 bits per heavy atom. The third kappa shape index (κ3) is 2.27. The quantitative estimate of drug-likeness (QED) is 0.766. The number of benzene rings is 1. The minimum atomic E-state index is -4.23. The van der Waals surface area contributed by atoms with Gasteiger partial charge in [-0.1, -0.05) is 18.9 Å². The standard InChI is InChI=1S/C14H14F4N2/c15-10-6-3-7-11-12(10)20-13(19-11)8-4-1-2-5-9(8)14(16,17)18/h3,6-9H,1-2,4-5H2,(H,19,20). The Morgan fingerprint density at radius 1 is 1.15 bits per heavy atom. The number of H-pyrrole nitrogens is 1. The van der Waals surface area contributed by atoms with Crippen LogP contribution in [0.25, 0.3) is 11.0 Å². The Hall–Kier alpha value is -1.59. The molecule has 2 unspecified atom stereocenters. The van der Waals surface area contributed by atoms with E-state index in [-0.39, 0.29) is 17.8 Å². The van der Waals surface area contributed by atoms with E-state index in [1.54, 1.807) is 6.07 Å². The first-order chi connectivity index (χ1) is 9.47. The van der Waals surface area contributed by atoms with E-state index in [9.17, 15) is 17.6 Å². The summed E-state index contributed by atoms with van der Waals surface area (Å²) in [5, 5.41) is 0. The molecule has 20 heavy (non-hydrogen) atoms. The summed E-state index contributed by atoms with van der Waals surface area (Å²) in [6.07, 6.45) is -2.35. The Bertz CT molecular complexity index is 617. The molecular weight excluding hydrogens is 272 g/mol. The number of hydrogen-bond donors (Lipinski definition) is 1. The van der Waals surface area contributed by atoms with Crippen molar-refractivity contribution in [3.63, 3.8) is 0 Å². The van der Waals surface area contributed by atoms with Crippen LogP contribution >= 0.6 is 0 Å². The predicted molar refractivity (Wildman–Crippen MR) is 66.8 cm³/mol. The van der Waals surface area contributed by atoms with Gasteiger partial charge < -0.3 is 4.98 Å². The largest absolute Gasteiger partial charge is 0.392 e. The summed E-state index contributed by atoms with van der Waals surface area (Å²) in [5.74, 6) is -2.34. The van der Waals surface area contributed by atoms with Crippen LogP contribution < -0.4 is 0 Å². The molecule has 1 aromatic heterocycles. The van der Waals surface area contributed by atoms with Gasteiger partial charge in [0.2, 0.25) is 0 Å². The number of nitrogens with zero attached hydrogens (tertiary/aromatic N) is 1. The number of para-hydroxylation sites is 1. The van der Waals surface area contributed by atoms with Gasteiger partial charge in [0.1, 0.15) is 11.3 Å². The molecule has 0 amide bonds. The summed E-state index contributed by atoms with van der Waals surface area (Å²) < 4.78 is 52.9. The molecule has 2 atom stereocenters. The molecule has 1 fully saturated rings.